The third kappa shape index (κ3) is 2.36. The summed E-state index contributed by atoms with van der Waals surface area (Å²) in [6, 6.07) is 19.8. The average Bonchev–Trinajstić information content (AvgIpc) is 2.93. The molecule has 4 rings (SSSR count). The van der Waals surface area contributed by atoms with Crippen LogP contribution in [0.1, 0.15) is 0 Å². The van der Waals surface area contributed by atoms with Crippen LogP contribution in [-0.4, -0.2) is 13.4 Å². The van der Waals surface area contributed by atoms with Gasteiger partial charge in [0, 0.05) is 26.3 Å². The number of sulfone groups is 1. The van der Waals surface area contributed by atoms with Gasteiger partial charge in [-0.3, -0.25) is 0 Å². The molecule has 0 atom stereocenters. The molecule has 5 heteroatoms. The number of fused-ring (bicyclic) bond motifs is 3. The zero-order chi connectivity index (χ0) is 16.0. The molecular formula is C18H12BrNO2S. The van der Waals surface area contributed by atoms with Gasteiger partial charge in [-0.2, -0.15) is 0 Å². The Morgan fingerprint density at radius 2 is 1.39 bits per heavy atom. The standard InChI is InChI=1S/C18H12BrNO2S/c19-12-5-7-13(8-6-12)23(21,22)14-9-10-16-15-3-1-2-4-17(15)20-18(16)11-14/h1-11,20H. The van der Waals surface area contributed by atoms with Gasteiger partial charge in [-0.25, -0.2) is 8.42 Å². The number of hydrogen-bond acceptors (Lipinski definition) is 2. The Bertz CT molecular complexity index is 1130. The fourth-order valence-electron chi connectivity index (χ4n) is 2.75. The highest BCUT2D eigenvalue weighted by Gasteiger charge is 2.18. The highest BCUT2D eigenvalue weighted by molar-refractivity contribution is 9.10. The fourth-order valence-corrected chi connectivity index (χ4v) is 4.30. The summed E-state index contributed by atoms with van der Waals surface area (Å²) in [4.78, 5) is 3.86. The largest absolute Gasteiger partial charge is 0.354 e. The molecular weight excluding hydrogens is 374 g/mol. The van der Waals surface area contributed by atoms with Crippen molar-refractivity contribution in [1.82, 2.24) is 4.98 Å². The van der Waals surface area contributed by atoms with Crippen molar-refractivity contribution in [3.05, 3.63) is 71.2 Å². The van der Waals surface area contributed by atoms with E-state index in [1.165, 1.54) is 0 Å². The summed E-state index contributed by atoms with van der Waals surface area (Å²) < 4.78 is 26.4. The van der Waals surface area contributed by atoms with E-state index in [0.29, 0.717) is 4.90 Å². The van der Waals surface area contributed by atoms with Crippen molar-refractivity contribution in [2.45, 2.75) is 9.79 Å². The highest BCUT2D eigenvalue weighted by Crippen LogP contribution is 2.29. The second kappa shape index (κ2) is 5.22. The predicted molar refractivity (Wildman–Crippen MR) is 95.4 cm³/mol. The number of halogens is 1. The molecule has 1 aromatic heterocycles. The molecule has 3 aromatic carbocycles. The minimum atomic E-state index is -3.53. The molecule has 0 saturated heterocycles. The maximum atomic E-state index is 12.8. The molecule has 4 aromatic rings. The van der Waals surface area contributed by atoms with Crippen LogP contribution in [-0.2, 0) is 9.84 Å². The van der Waals surface area contributed by atoms with Crippen LogP contribution in [0.15, 0.2) is 81.0 Å². The first-order chi connectivity index (χ1) is 11.1. The van der Waals surface area contributed by atoms with Gasteiger partial charge in [0.15, 0.2) is 0 Å². The second-order valence-electron chi connectivity index (χ2n) is 5.34. The summed E-state index contributed by atoms with van der Waals surface area (Å²) in [5.41, 5.74) is 1.82. The van der Waals surface area contributed by atoms with Crippen LogP contribution in [0.4, 0.5) is 0 Å². The second-order valence-corrected chi connectivity index (χ2v) is 8.20. The molecule has 0 aliphatic rings. The summed E-state index contributed by atoms with van der Waals surface area (Å²) in [6.45, 7) is 0. The van der Waals surface area contributed by atoms with Gasteiger partial charge in [0.1, 0.15) is 0 Å². The van der Waals surface area contributed by atoms with E-state index in [9.17, 15) is 8.42 Å². The van der Waals surface area contributed by atoms with E-state index in [0.717, 1.165) is 26.3 Å². The third-order valence-electron chi connectivity index (χ3n) is 3.91. The number of benzene rings is 3. The molecule has 23 heavy (non-hydrogen) atoms. The minimum absolute atomic E-state index is 0.288. The van der Waals surface area contributed by atoms with E-state index < -0.39 is 9.84 Å². The summed E-state index contributed by atoms with van der Waals surface area (Å²) >= 11 is 3.32. The molecule has 114 valence electrons. The highest BCUT2D eigenvalue weighted by atomic mass is 79.9. The zero-order valence-electron chi connectivity index (χ0n) is 12.0. The number of nitrogens with one attached hydrogen (secondary N) is 1. The van der Waals surface area contributed by atoms with Crippen LogP contribution in [0.25, 0.3) is 21.8 Å². The molecule has 1 N–H and O–H groups in total. The van der Waals surface area contributed by atoms with E-state index in [1.807, 2.05) is 30.3 Å². The zero-order valence-corrected chi connectivity index (χ0v) is 14.4. The molecule has 0 radical (unpaired) electrons. The summed E-state index contributed by atoms with van der Waals surface area (Å²) in [7, 11) is -3.53. The van der Waals surface area contributed by atoms with Gasteiger partial charge < -0.3 is 4.98 Å². The van der Waals surface area contributed by atoms with Gasteiger partial charge in [0.2, 0.25) is 9.84 Å². The van der Waals surface area contributed by atoms with Crippen molar-refractivity contribution >= 4 is 47.6 Å². The van der Waals surface area contributed by atoms with Crippen LogP contribution in [0.5, 0.6) is 0 Å². The Morgan fingerprint density at radius 1 is 0.739 bits per heavy atom. The third-order valence-corrected chi connectivity index (χ3v) is 6.21. The van der Waals surface area contributed by atoms with Crippen molar-refractivity contribution in [1.29, 1.82) is 0 Å². The van der Waals surface area contributed by atoms with Gasteiger partial charge in [-0.1, -0.05) is 40.2 Å². The van der Waals surface area contributed by atoms with Crippen molar-refractivity contribution in [2.24, 2.45) is 0 Å². The van der Waals surface area contributed by atoms with E-state index in [-0.39, 0.29) is 4.90 Å². The normalized spacial score (nSPS) is 12.0. The Labute approximate surface area is 142 Å². The number of aromatic nitrogens is 1. The Hall–Kier alpha value is -2.11. The molecule has 0 amide bonds. The summed E-state index contributed by atoms with van der Waals surface area (Å²) in [5.74, 6) is 0. The lowest BCUT2D eigenvalue weighted by molar-refractivity contribution is 0.596. The monoisotopic (exact) mass is 385 g/mol. The topological polar surface area (TPSA) is 49.9 Å². The maximum absolute atomic E-state index is 12.8. The average molecular weight is 386 g/mol. The van der Waals surface area contributed by atoms with Crippen LogP contribution >= 0.6 is 15.9 Å². The fraction of sp³-hybridized carbons (Fsp3) is 0. The molecule has 1 heterocycles. The number of aromatic amines is 1. The molecule has 0 aliphatic heterocycles. The molecule has 0 unspecified atom stereocenters. The van der Waals surface area contributed by atoms with Gasteiger partial charge in [-0.05, 0) is 42.5 Å². The van der Waals surface area contributed by atoms with Crippen molar-refractivity contribution < 1.29 is 8.42 Å². The van der Waals surface area contributed by atoms with Gasteiger partial charge >= 0.3 is 0 Å². The number of rotatable bonds is 2. The lowest BCUT2D eigenvalue weighted by Gasteiger charge is -2.05. The molecule has 0 spiro atoms. The van der Waals surface area contributed by atoms with Crippen molar-refractivity contribution in [2.75, 3.05) is 0 Å². The Kier molecular flexibility index (Phi) is 3.28. The quantitative estimate of drug-likeness (QED) is 0.532. The molecule has 0 saturated carbocycles. The van der Waals surface area contributed by atoms with Crippen LogP contribution in [0, 0.1) is 0 Å². The predicted octanol–water partition coefficient (Wildman–Crippen LogP) is 4.92. The van der Waals surface area contributed by atoms with E-state index in [1.54, 1.807) is 36.4 Å². The SMILES string of the molecule is O=S(=O)(c1ccc(Br)cc1)c1ccc2c(c1)[nH]c1ccccc12. The maximum Gasteiger partial charge on any atom is 0.206 e. The van der Waals surface area contributed by atoms with Gasteiger partial charge in [-0.15, -0.1) is 0 Å². The van der Waals surface area contributed by atoms with Crippen molar-refractivity contribution in [3.63, 3.8) is 0 Å². The number of para-hydroxylation sites is 1. The van der Waals surface area contributed by atoms with Crippen molar-refractivity contribution in [3.8, 4) is 0 Å². The Morgan fingerprint density at radius 3 is 2.17 bits per heavy atom. The van der Waals surface area contributed by atoms with Gasteiger partial charge in [0.25, 0.3) is 0 Å². The first-order valence-corrected chi connectivity index (χ1v) is 9.34. The van der Waals surface area contributed by atoms with Crippen LogP contribution in [0.2, 0.25) is 0 Å². The molecule has 3 nitrogen and oxygen atoms in total. The first kappa shape index (κ1) is 14.5. The van der Waals surface area contributed by atoms with E-state index in [2.05, 4.69) is 20.9 Å². The Balaban J connectivity index is 1.91. The minimum Gasteiger partial charge on any atom is -0.354 e. The van der Waals surface area contributed by atoms with Crippen LogP contribution < -0.4 is 0 Å². The summed E-state index contributed by atoms with van der Waals surface area (Å²) in [6.07, 6.45) is 0. The van der Waals surface area contributed by atoms with E-state index in [4.69, 9.17) is 0 Å². The summed E-state index contributed by atoms with van der Waals surface area (Å²) in [5, 5.41) is 2.12. The molecule has 0 fully saturated rings. The van der Waals surface area contributed by atoms with Crippen LogP contribution in [0.3, 0.4) is 0 Å². The lowest BCUT2D eigenvalue weighted by Crippen LogP contribution is -2.01. The van der Waals surface area contributed by atoms with E-state index >= 15 is 0 Å². The van der Waals surface area contributed by atoms with Gasteiger partial charge in [0.05, 0.1) is 9.79 Å². The smallest absolute Gasteiger partial charge is 0.206 e. The molecule has 0 bridgehead atoms. The number of hydrogen-bond donors (Lipinski definition) is 1. The number of H-pyrrole nitrogens is 1. The molecule has 0 aliphatic carbocycles. The lowest BCUT2D eigenvalue weighted by atomic mass is 10.2. The first-order valence-electron chi connectivity index (χ1n) is 7.07.